The van der Waals surface area contributed by atoms with Crippen molar-refractivity contribution in [1.82, 2.24) is 0 Å². The van der Waals surface area contributed by atoms with Crippen molar-refractivity contribution >= 4 is 11.5 Å². The molecule has 1 aliphatic rings. The molecule has 2 N–H and O–H groups in total. The lowest BCUT2D eigenvalue weighted by atomic mass is 9.81. The Morgan fingerprint density at radius 2 is 2.00 bits per heavy atom. The largest absolute Gasteiger partial charge is 0.507 e. The third-order valence-electron chi connectivity index (χ3n) is 4.25. The van der Waals surface area contributed by atoms with E-state index in [-0.39, 0.29) is 17.3 Å². The highest BCUT2D eigenvalue weighted by Crippen LogP contribution is 2.36. The maximum atomic E-state index is 11.2. The van der Waals surface area contributed by atoms with Crippen LogP contribution in [-0.2, 0) is 4.79 Å². The van der Waals surface area contributed by atoms with Crippen molar-refractivity contribution in [2.75, 3.05) is 0 Å². The molecule has 0 bridgehead atoms. The lowest BCUT2D eigenvalue weighted by Gasteiger charge is -2.22. The summed E-state index contributed by atoms with van der Waals surface area (Å²) in [6.07, 6.45) is 5.97. The Labute approximate surface area is 147 Å². The molecule has 4 heteroatoms. The summed E-state index contributed by atoms with van der Waals surface area (Å²) in [4.78, 5) is 11.2. The number of hydrogen-bond acceptors (Lipinski definition) is 3. The minimum atomic E-state index is -1.16. The van der Waals surface area contributed by atoms with Gasteiger partial charge < -0.3 is 10.2 Å². The van der Waals surface area contributed by atoms with Crippen LogP contribution >= 0.6 is 0 Å². The van der Waals surface area contributed by atoms with Crippen molar-refractivity contribution in [3.63, 3.8) is 0 Å². The Bertz CT molecular complexity index is 820. The van der Waals surface area contributed by atoms with Gasteiger partial charge in [0, 0.05) is 0 Å². The maximum Gasteiger partial charge on any atom is 0.339 e. The second-order valence-corrected chi connectivity index (χ2v) is 6.01. The fourth-order valence-electron chi connectivity index (χ4n) is 3.08. The van der Waals surface area contributed by atoms with Gasteiger partial charge in [-0.1, -0.05) is 48.1 Å². The lowest BCUT2D eigenvalue weighted by molar-refractivity contribution is -0.132. The van der Waals surface area contributed by atoms with Gasteiger partial charge in [-0.2, -0.15) is 5.26 Å². The molecule has 25 heavy (non-hydrogen) atoms. The number of allylic oxidation sites excluding steroid dienone is 6. The molecule has 0 spiro atoms. The van der Waals surface area contributed by atoms with Crippen LogP contribution in [0.4, 0.5) is 0 Å². The van der Waals surface area contributed by atoms with Gasteiger partial charge in [-0.15, -0.1) is 0 Å². The third kappa shape index (κ3) is 4.27. The summed E-state index contributed by atoms with van der Waals surface area (Å²) < 4.78 is 0. The normalized spacial score (nSPS) is 18.6. The molecular formula is C21H21NO3. The van der Waals surface area contributed by atoms with E-state index in [9.17, 15) is 20.3 Å². The molecule has 0 saturated carbocycles. The van der Waals surface area contributed by atoms with Crippen molar-refractivity contribution < 1.29 is 15.0 Å². The minimum absolute atomic E-state index is 0.0288. The van der Waals surface area contributed by atoms with Crippen LogP contribution in [0.15, 0.2) is 71.0 Å². The molecule has 1 aliphatic carbocycles. The quantitative estimate of drug-likeness (QED) is 0.460. The summed E-state index contributed by atoms with van der Waals surface area (Å²) in [6, 6.07) is 12.1. The molecule has 0 fully saturated rings. The fourth-order valence-corrected chi connectivity index (χ4v) is 3.08. The smallest absolute Gasteiger partial charge is 0.339 e. The second-order valence-electron chi connectivity index (χ2n) is 6.01. The number of carboxylic acid groups (broad SMARTS) is 1. The standard InChI is InChI=1S/C21H21NO3/c1-3-19(23)18(21(24)25)10-9-15-11-14(2)20(17(12-15)13-22)16-7-5-4-6-8-16/h3-8,10,12,15,23H,9,11H2,1-2H3,(H,24,25)/b18-10+,19-3+. The first kappa shape index (κ1) is 18.3. The SMILES string of the molecule is C/C=C(O)\C(=C/CC1C=C(C#N)C(c2ccccc2)=C(C)C1)C(=O)O. The topological polar surface area (TPSA) is 81.3 Å². The van der Waals surface area contributed by atoms with E-state index in [1.807, 2.05) is 43.3 Å². The van der Waals surface area contributed by atoms with Gasteiger partial charge in [-0.3, -0.25) is 0 Å². The fraction of sp³-hybridized carbons (Fsp3) is 0.238. The van der Waals surface area contributed by atoms with Crippen LogP contribution in [0.25, 0.3) is 5.57 Å². The average Bonchev–Trinajstić information content (AvgIpc) is 2.61. The van der Waals surface area contributed by atoms with Crippen LogP contribution in [0, 0.1) is 17.2 Å². The number of aliphatic hydroxyl groups excluding tert-OH is 1. The Balaban J connectivity index is 2.29. The van der Waals surface area contributed by atoms with E-state index in [0.29, 0.717) is 12.0 Å². The van der Waals surface area contributed by atoms with Crippen LogP contribution in [0.2, 0.25) is 0 Å². The van der Waals surface area contributed by atoms with Gasteiger partial charge in [0.15, 0.2) is 0 Å². The zero-order valence-corrected chi connectivity index (χ0v) is 14.4. The van der Waals surface area contributed by atoms with Crippen LogP contribution < -0.4 is 0 Å². The number of nitrogens with zero attached hydrogens (tertiary/aromatic N) is 1. The number of carboxylic acids is 1. The molecule has 0 saturated heterocycles. The predicted molar refractivity (Wildman–Crippen MR) is 97.6 cm³/mol. The number of aliphatic hydroxyl groups is 1. The Hall–Kier alpha value is -3.06. The molecule has 1 unspecified atom stereocenters. The molecule has 128 valence electrons. The van der Waals surface area contributed by atoms with Gasteiger partial charge in [0.25, 0.3) is 0 Å². The van der Waals surface area contributed by atoms with Gasteiger partial charge >= 0.3 is 5.97 Å². The number of hydrogen-bond donors (Lipinski definition) is 2. The second kappa shape index (κ2) is 8.16. The van der Waals surface area contributed by atoms with E-state index in [2.05, 4.69) is 6.07 Å². The molecule has 0 aromatic heterocycles. The van der Waals surface area contributed by atoms with E-state index in [1.54, 1.807) is 6.92 Å². The molecular weight excluding hydrogens is 314 g/mol. The molecule has 1 atom stereocenters. The van der Waals surface area contributed by atoms with Gasteiger partial charge in [-0.05, 0) is 49.8 Å². The summed E-state index contributed by atoms with van der Waals surface area (Å²) in [5.41, 5.74) is 3.58. The number of nitriles is 1. The van der Waals surface area contributed by atoms with Crippen molar-refractivity contribution in [3.8, 4) is 6.07 Å². The highest BCUT2D eigenvalue weighted by Gasteiger charge is 2.21. The van der Waals surface area contributed by atoms with E-state index >= 15 is 0 Å². The van der Waals surface area contributed by atoms with E-state index < -0.39 is 5.97 Å². The first-order chi connectivity index (χ1) is 12.0. The molecule has 0 heterocycles. The zero-order chi connectivity index (χ0) is 18.4. The molecule has 1 aromatic carbocycles. The van der Waals surface area contributed by atoms with Crippen molar-refractivity contribution in [2.24, 2.45) is 5.92 Å². The number of carbonyl (C=O) groups is 1. The molecule has 4 nitrogen and oxygen atoms in total. The summed E-state index contributed by atoms with van der Waals surface area (Å²) in [6.45, 7) is 3.59. The summed E-state index contributed by atoms with van der Waals surface area (Å²) >= 11 is 0. The monoisotopic (exact) mass is 335 g/mol. The van der Waals surface area contributed by atoms with Crippen LogP contribution in [0.1, 0.15) is 32.3 Å². The Kier molecular flexibility index (Phi) is 5.97. The molecule has 2 rings (SSSR count). The molecule has 0 radical (unpaired) electrons. The van der Waals surface area contributed by atoms with Crippen LogP contribution in [0.3, 0.4) is 0 Å². The first-order valence-electron chi connectivity index (χ1n) is 8.14. The Morgan fingerprint density at radius 1 is 1.32 bits per heavy atom. The van der Waals surface area contributed by atoms with Crippen molar-refractivity contribution in [2.45, 2.75) is 26.7 Å². The minimum Gasteiger partial charge on any atom is -0.507 e. The highest BCUT2D eigenvalue weighted by atomic mass is 16.4. The van der Waals surface area contributed by atoms with E-state index in [0.717, 1.165) is 23.1 Å². The van der Waals surface area contributed by atoms with E-state index in [1.165, 1.54) is 12.2 Å². The van der Waals surface area contributed by atoms with Gasteiger partial charge in [0.05, 0.1) is 17.2 Å². The average molecular weight is 335 g/mol. The van der Waals surface area contributed by atoms with Crippen LogP contribution in [0.5, 0.6) is 0 Å². The summed E-state index contributed by atoms with van der Waals surface area (Å²) in [5.74, 6) is -1.38. The molecule has 1 aromatic rings. The molecule has 0 amide bonds. The summed E-state index contributed by atoms with van der Waals surface area (Å²) in [7, 11) is 0. The van der Waals surface area contributed by atoms with Gasteiger partial charge in [0.2, 0.25) is 0 Å². The third-order valence-corrected chi connectivity index (χ3v) is 4.25. The predicted octanol–water partition coefficient (Wildman–Crippen LogP) is 4.79. The zero-order valence-electron chi connectivity index (χ0n) is 14.4. The van der Waals surface area contributed by atoms with Gasteiger partial charge in [-0.25, -0.2) is 4.79 Å². The number of rotatable bonds is 5. The molecule has 0 aliphatic heterocycles. The van der Waals surface area contributed by atoms with E-state index in [4.69, 9.17) is 0 Å². The maximum absolute atomic E-state index is 11.2. The van der Waals surface area contributed by atoms with Crippen molar-refractivity contribution in [3.05, 3.63) is 76.6 Å². The first-order valence-corrected chi connectivity index (χ1v) is 8.14. The van der Waals surface area contributed by atoms with Gasteiger partial charge in [0.1, 0.15) is 5.76 Å². The van der Waals surface area contributed by atoms with Crippen molar-refractivity contribution in [1.29, 1.82) is 5.26 Å². The number of aliphatic carboxylic acids is 1. The van der Waals surface area contributed by atoms with Crippen LogP contribution in [-0.4, -0.2) is 16.2 Å². The number of benzene rings is 1. The highest BCUT2D eigenvalue weighted by molar-refractivity contribution is 5.91. The Morgan fingerprint density at radius 3 is 2.56 bits per heavy atom. The summed E-state index contributed by atoms with van der Waals surface area (Å²) in [5, 5.41) is 28.4. The lowest BCUT2D eigenvalue weighted by Crippen LogP contribution is -2.09.